The van der Waals surface area contributed by atoms with Crippen molar-refractivity contribution in [1.82, 2.24) is 14.7 Å². The lowest BCUT2D eigenvalue weighted by Gasteiger charge is -2.35. The number of nitrogens with zero attached hydrogens (tertiary/aromatic N) is 4. The van der Waals surface area contributed by atoms with Crippen molar-refractivity contribution >= 4 is 11.8 Å². The van der Waals surface area contributed by atoms with Crippen molar-refractivity contribution in [2.45, 2.75) is 25.7 Å². The Labute approximate surface area is 155 Å². The zero-order chi connectivity index (χ0) is 18.4. The smallest absolute Gasteiger partial charge is 0.236 e. The topological polar surface area (TPSA) is 67.6 Å². The van der Waals surface area contributed by atoms with E-state index in [1.165, 1.54) is 0 Å². The molecule has 6 nitrogen and oxygen atoms in total. The molecule has 0 spiro atoms. The third kappa shape index (κ3) is 4.83. The van der Waals surface area contributed by atoms with Crippen molar-refractivity contribution in [2.75, 3.05) is 45.8 Å². The van der Waals surface area contributed by atoms with Crippen molar-refractivity contribution in [3.63, 3.8) is 0 Å². The molecule has 2 fully saturated rings. The van der Waals surface area contributed by atoms with Gasteiger partial charge < -0.3 is 9.80 Å². The van der Waals surface area contributed by atoms with Gasteiger partial charge in [-0.05, 0) is 37.0 Å². The number of aryl methyl sites for hydroxylation is 1. The van der Waals surface area contributed by atoms with E-state index in [4.69, 9.17) is 5.26 Å². The average Bonchev–Trinajstić information content (AvgIpc) is 3.22. The van der Waals surface area contributed by atoms with E-state index >= 15 is 0 Å². The standard InChI is InChI=1S/C20H26N4O2/c21-15-18-5-3-17(4-6-18)7-8-19(25)24-13-11-22(12-14-24)16-20(26)23-9-1-2-10-23/h3-6H,1-2,7-14,16H2. The number of piperazine rings is 1. The first-order chi connectivity index (χ1) is 12.7. The fraction of sp³-hybridized carbons (Fsp3) is 0.550. The molecule has 6 heteroatoms. The van der Waals surface area contributed by atoms with Crippen LogP contribution in [0, 0.1) is 11.3 Å². The molecule has 2 heterocycles. The zero-order valence-corrected chi connectivity index (χ0v) is 15.2. The molecule has 2 amide bonds. The van der Waals surface area contributed by atoms with E-state index < -0.39 is 0 Å². The Morgan fingerprint density at radius 2 is 1.50 bits per heavy atom. The zero-order valence-electron chi connectivity index (χ0n) is 15.2. The van der Waals surface area contributed by atoms with Gasteiger partial charge in [0.05, 0.1) is 18.2 Å². The average molecular weight is 354 g/mol. The van der Waals surface area contributed by atoms with Gasteiger partial charge in [0.25, 0.3) is 0 Å². The lowest BCUT2D eigenvalue weighted by atomic mass is 10.1. The van der Waals surface area contributed by atoms with Crippen LogP contribution in [0.25, 0.3) is 0 Å². The van der Waals surface area contributed by atoms with Gasteiger partial charge in [-0.25, -0.2) is 0 Å². The summed E-state index contributed by atoms with van der Waals surface area (Å²) in [5, 5.41) is 8.82. The van der Waals surface area contributed by atoms with Crippen LogP contribution in [0.5, 0.6) is 0 Å². The lowest BCUT2D eigenvalue weighted by molar-refractivity contribution is -0.134. The van der Waals surface area contributed by atoms with Gasteiger partial charge >= 0.3 is 0 Å². The Morgan fingerprint density at radius 1 is 0.885 bits per heavy atom. The van der Waals surface area contributed by atoms with Crippen LogP contribution < -0.4 is 0 Å². The number of hydrogen-bond donors (Lipinski definition) is 0. The largest absolute Gasteiger partial charge is 0.342 e. The predicted molar refractivity (Wildman–Crippen MR) is 98.3 cm³/mol. The molecule has 0 unspecified atom stereocenters. The molecule has 26 heavy (non-hydrogen) atoms. The number of hydrogen-bond acceptors (Lipinski definition) is 4. The molecule has 0 bridgehead atoms. The minimum Gasteiger partial charge on any atom is -0.342 e. The van der Waals surface area contributed by atoms with E-state index in [2.05, 4.69) is 11.0 Å². The van der Waals surface area contributed by atoms with Gasteiger partial charge in [0.15, 0.2) is 0 Å². The molecule has 0 atom stereocenters. The summed E-state index contributed by atoms with van der Waals surface area (Å²) in [4.78, 5) is 30.6. The van der Waals surface area contributed by atoms with Crippen molar-refractivity contribution in [3.8, 4) is 6.07 Å². The van der Waals surface area contributed by atoms with E-state index in [1.54, 1.807) is 12.1 Å². The number of benzene rings is 1. The Bertz CT molecular complexity index is 666. The van der Waals surface area contributed by atoms with Crippen molar-refractivity contribution in [2.24, 2.45) is 0 Å². The van der Waals surface area contributed by atoms with Gasteiger partial charge in [-0.1, -0.05) is 12.1 Å². The summed E-state index contributed by atoms with van der Waals surface area (Å²) in [6.07, 6.45) is 3.41. The number of amides is 2. The van der Waals surface area contributed by atoms with Gasteiger partial charge in [-0.3, -0.25) is 14.5 Å². The van der Waals surface area contributed by atoms with Crippen LogP contribution in [-0.2, 0) is 16.0 Å². The third-order valence-electron chi connectivity index (χ3n) is 5.25. The maximum absolute atomic E-state index is 12.4. The maximum Gasteiger partial charge on any atom is 0.236 e. The predicted octanol–water partition coefficient (Wildman–Crippen LogP) is 1.26. The van der Waals surface area contributed by atoms with E-state index in [1.807, 2.05) is 21.9 Å². The summed E-state index contributed by atoms with van der Waals surface area (Å²) in [5.41, 5.74) is 1.71. The number of likely N-dealkylation sites (tertiary alicyclic amines) is 1. The van der Waals surface area contributed by atoms with E-state index in [0.717, 1.165) is 44.6 Å². The number of rotatable bonds is 5. The fourth-order valence-electron chi connectivity index (χ4n) is 3.57. The lowest BCUT2D eigenvalue weighted by Crippen LogP contribution is -2.51. The van der Waals surface area contributed by atoms with E-state index in [0.29, 0.717) is 38.0 Å². The van der Waals surface area contributed by atoms with Gasteiger partial charge in [0.2, 0.25) is 11.8 Å². The second kappa shape index (κ2) is 8.81. The highest BCUT2D eigenvalue weighted by Crippen LogP contribution is 2.11. The molecule has 0 radical (unpaired) electrons. The van der Waals surface area contributed by atoms with E-state index in [9.17, 15) is 9.59 Å². The molecule has 0 aliphatic carbocycles. The molecule has 0 aromatic heterocycles. The van der Waals surface area contributed by atoms with Crippen LogP contribution in [0.1, 0.15) is 30.4 Å². The molecule has 3 rings (SSSR count). The SMILES string of the molecule is N#Cc1ccc(CCC(=O)N2CCN(CC(=O)N3CCCC3)CC2)cc1. The highest BCUT2D eigenvalue weighted by molar-refractivity contribution is 5.79. The van der Waals surface area contributed by atoms with Gasteiger partial charge in [0.1, 0.15) is 0 Å². The number of carbonyl (C=O) groups is 2. The second-order valence-electron chi connectivity index (χ2n) is 7.05. The first-order valence-corrected chi connectivity index (χ1v) is 9.42. The van der Waals surface area contributed by atoms with Crippen LogP contribution in [0.4, 0.5) is 0 Å². The number of carbonyl (C=O) groups excluding carboxylic acids is 2. The van der Waals surface area contributed by atoms with Crippen LogP contribution in [0.3, 0.4) is 0 Å². The molecule has 2 aliphatic rings. The van der Waals surface area contributed by atoms with Gasteiger partial charge in [-0.2, -0.15) is 5.26 Å². The minimum atomic E-state index is 0.167. The van der Waals surface area contributed by atoms with Crippen molar-refractivity contribution < 1.29 is 9.59 Å². The summed E-state index contributed by atoms with van der Waals surface area (Å²) >= 11 is 0. The Hall–Kier alpha value is -2.39. The first kappa shape index (κ1) is 18.4. The Kier molecular flexibility index (Phi) is 6.24. The molecular weight excluding hydrogens is 328 g/mol. The summed E-state index contributed by atoms with van der Waals surface area (Å²) in [5.74, 6) is 0.392. The molecule has 1 aromatic rings. The maximum atomic E-state index is 12.4. The minimum absolute atomic E-state index is 0.167. The highest BCUT2D eigenvalue weighted by Gasteiger charge is 2.25. The van der Waals surface area contributed by atoms with Crippen molar-refractivity contribution in [3.05, 3.63) is 35.4 Å². The summed E-state index contributed by atoms with van der Waals surface area (Å²) in [7, 11) is 0. The summed E-state index contributed by atoms with van der Waals surface area (Å²) in [6, 6.07) is 9.50. The Morgan fingerprint density at radius 3 is 2.12 bits per heavy atom. The fourth-order valence-corrected chi connectivity index (χ4v) is 3.57. The van der Waals surface area contributed by atoms with Crippen LogP contribution in [0.15, 0.2) is 24.3 Å². The van der Waals surface area contributed by atoms with E-state index in [-0.39, 0.29) is 11.8 Å². The van der Waals surface area contributed by atoms with Gasteiger partial charge in [-0.15, -0.1) is 0 Å². The normalized spacial score (nSPS) is 18.0. The molecule has 0 N–H and O–H groups in total. The van der Waals surface area contributed by atoms with Crippen LogP contribution >= 0.6 is 0 Å². The second-order valence-corrected chi connectivity index (χ2v) is 7.05. The first-order valence-electron chi connectivity index (χ1n) is 9.42. The highest BCUT2D eigenvalue weighted by atomic mass is 16.2. The molecule has 2 saturated heterocycles. The molecule has 1 aromatic carbocycles. The third-order valence-corrected chi connectivity index (χ3v) is 5.25. The molecular formula is C20H26N4O2. The molecule has 0 saturated carbocycles. The van der Waals surface area contributed by atoms with Crippen LogP contribution in [-0.4, -0.2) is 72.3 Å². The number of nitriles is 1. The quantitative estimate of drug-likeness (QED) is 0.798. The van der Waals surface area contributed by atoms with Crippen molar-refractivity contribution in [1.29, 1.82) is 5.26 Å². The summed E-state index contributed by atoms with van der Waals surface area (Å²) < 4.78 is 0. The molecule has 2 aliphatic heterocycles. The Balaban J connectivity index is 1.38. The molecule has 138 valence electrons. The van der Waals surface area contributed by atoms with Crippen LogP contribution in [0.2, 0.25) is 0 Å². The van der Waals surface area contributed by atoms with Gasteiger partial charge in [0, 0.05) is 45.7 Å². The monoisotopic (exact) mass is 354 g/mol. The summed E-state index contributed by atoms with van der Waals surface area (Å²) in [6.45, 7) is 5.19.